The molecule has 0 aliphatic carbocycles. The van der Waals surface area contributed by atoms with Gasteiger partial charge in [0, 0.05) is 45.0 Å². The minimum atomic E-state index is -4.25. The molecule has 3 aromatic carbocycles. The predicted octanol–water partition coefficient (Wildman–Crippen LogP) is 4.51. The van der Waals surface area contributed by atoms with Gasteiger partial charge in [-0.3, -0.25) is 43.4 Å². The monoisotopic (exact) mass is 952 g/mol. The first-order chi connectivity index (χ1) is 32.7. The van der Waals surface area contributed by atoms with Crippen LogP contribution >= 0.6 is 0 Å². The van der Waals surface area contributed by atoms with E-state index in [0.717, 1.165) is 53.3 Å². The smallest absolute Gasteiger partial charge is 0.301 e. The molecular weight excluding hydrogens is 903 g/mol. The fraction of sp³-hybridized carbons (Fsp3) is 0.468. The van der Waals surface area contributed by atoms with E-state index in [0.29, 0.717) is 68.9 Å². The number of hydrogen-bond acceptors (Lipinski definition) is 12. The van der Waals surface area contributed by atoms with Crippen LogP contribution in [0.2, 0.25) is 0 Å². The number of piperidine rings is 3. The minimum Gasteiger partial charge on any atom is -0.453 e. The van der Waals surface area contributed by atoms with Crippen LogP contribution < -0.4 is 20.3 Å². The summed E-state index contributed by atoms with van der Waals surface area (Å²) in [6.45, 7) is 2.83. The lowest BCUT2D eigenvalue weighted by Crippen LogP contribution is -2.50. The third-order valence-corrected chi connectivity index (χ3v) is 15.9. The molecule has 356 valence electrons. The van der Waals surface area contributed by atoms with Gasteiger partial charge < -0.3 is 14.4 Å². The zero-order valence-electron chi connectivity index (χ0n) is 37.3. The summed E-state index contributed by atoms with van der Waals surface area (Å²) in [4.78, 5) is 60.5. The Morgan fingerprint density at radius 2 is 1.81 bits per heavy atom. The third-order valence-electron chi connectivity index (χ3n) is 14.4. The van der Waals surface area contributed by atoms with Crippen LogP contribution in [0.4, 0.5) is 14.5 Å². The van der Waals surface area contributed by atoms with Gasteiger partial charge in [0.1, 0.15) is 23.6 Å². The number of anilines is 1. The van der Waals surface area contributed by atoms with Gasteiger partial charge in [-0.25, -0.2) is 13.8 Å². The quantitative estimate of drug-likeness (QED) is 0.185. The number of halogens is 2. The number of nitrogens with one attached hydrogen (secondary N) is 2. The van der Waals surface area contributed by atoms with E-state index in [1.807, 2.05) is 18.0 Å². The molecule has 0 saturated carbocycles. The Bertz CT molecular complexity index is 3070. The summed E-state index contributed by atoms with van der Waals surface area (Å²) in [5.74, 6) is -2.10. The molecule has 5 aliphatic heterocycles. The highest BCUT2D eigenvalue weighted by Gasteiger charge is 2.45. The standard InChI is InChI=1S/C47H50F2N10O8S/c1-55-40-20-29(2-4-33(40)43(53-55)34-5-9-41(60)52-45(34)62)28-10-15-56(16-11-28)25-42(61)57-18-13-47(14-19-57)22-31(26-66-47)59-27-51-38-7-3-32(21-35(38)46(59)63)67-44-36(23-50)39(8-6-37(44)49)54-68(64,65)58-17-12-30(48)24-58/h2-4,6-8,20-21,27-28,30-31,34,54H,5,9-19,22,24-26H2,1H3,(H,52,60,62)/t30?,31-,34?/m1/s1. The number of carbonyl (C=O) groups excluding carboxylic acids is 3. The maximum atomic E-state index is 15.2. The SMILES string of the molecule is Cn1nc(C2CCC(=O)NC2=O)c2ccc(C3CCN(CC(=O)N4CCC5(CC4)C[C@@H](n4cnc6ccc(Oc7c(F)ccc(NS(=O)(=O)N8CCC(F)C8)c7C#N)cc6c4=O)CO5)CC3)cc21. The Balaban J connectivity index is 0.740. The van der Waals surface area contributed by atoms with Gasteiger partial charge in [0.05, 0.1) is 64.8 Å². The van der Waals surface area contributed by atoms with Crippen molar-refractivity contribution < 1.29 is 41.1 Å². The number of nitriles is 1. The zero-order chi connectivity index (χ0) is 47.5. The molecule has 21 heteroatoms. The van der Waals surface area contributed by atoms with Gasteiger partial charge in [-0.2, -0.15) is 23.1 Å². The maximum Gasteiger partial charge on any atom is 0.301 e. The van der Waals surface area contributed by atoms with Gasteiger partial charge in [-0.1, -0.05) is 12.1 Å². The Kier molecular flexibility index (Phi) is 12.0. The van der Waals surface area contributed by atoms with E-state index in [1.165, 1.54) is 34.7 Å². The molecular formula is C47H50F2N10O8S. The number of amides is 3. The normalized spacial score (nSPS) is 22.8. The van der Waals surface area contributed by atoms with Crippen molar-refractivity contribution in [2.24, 2.45) is 7.05 Å². The van der Waals surface area contributed by atoms with Crippen LogP contribution in [-0.4, -0.2) is 124 Å². The van der Waals surface area contributed by atoms with Gasteiger partial charge in [-0.15, -0.1) is 0 Å². The van der Waals surface area contributed by atoms with Crippen LogP contribution in [0.3, 0.4) is 0 Å². The first kappa shape index (κ1) is 45.4. The largest absolute Gasteiger partial charge is 0.453 e. The second kappa shape index (κ2) is 18.0. The lowest BCUT2D eigenvalue weighted by atomic mass is 9.87. The summed E-state index contributed by atoms with van der Waals surface area (Å²) in [7, 11) is -2.38. The first-order valence-electron chi connectivity index (χ1n) is 23.0. The van der Waals surface area contributed by atoms with E-state index in [9.17, 15) is 37.2 Å². The first-order valence-corrected chi connectivity index (χ1v) is 24.4. The minimum absolute atomic E-state index is 0.0102. The van der Waals surface area contributed by atoms with Crippen molar-refractivity contribution >= 4 is 55.4 Å². The number of aryl methyl sites for hydroxylation is 1. The maximum absolute atomic E-state index is 15.2. The number of benzene rings is 3. The molecule has 5 fully saturated rings. The highest BCUT2D eigenvalue weighted by Crippen LogP contribution is 2.41. The Morgan fingerprint density at radius 1 is 1.01 bits per heavy atom. The lowest BCUT2D eigenvalue weighted by Gasteiger charge is -2.40. The molecule has 2 N–H and O–H groups in total. The number of imide groups is 1. The van der Waals surface area contributed by atoms with Gasteiger partial charge in [0.2, 0.25) is 17.7 Å². The molecule has 10 rings (SSSR count). The summed E-state index contributed by atoms with van der Waals surface area (Å²) in [6.07, 6.45) is 4.50. The summed E-state index contributed by atoms with van der Waals surface area (Å²) < 4.78 is 73.6. The molecule has 1 spiro atoms. The van der Waals surface area contributed by atoms with Crippen molar-refractivity contribution in [3.8, 4) is 17.6 Å². The van der Waals surface area contributed by atoms with Crippen molar-refractivity contribution in [1.29, 1.82) is 5.26 Å². The van der Waals surface area contributed by atoms with Crippen LogP contribution in [0.15, 0.2) is 59.7 Å². The van der Waals surface area contributed by atoms with Gasteiger partial charge in [-0.05, 0) is 106 Å². The van der Waals surface area contributed by atoms with E-state index in [1.54, 1.807) is 10.8 Å². The Morgan fingerprint density at radius 3 is 2.54 bits per heavy atom. The van der Waals surface area contributed by atoms with Gasteiger partial charge >= 0.3 is 10.2 Å². The van der Waals surface area contributed by atoms with Crippen LogP contribution in [0.5, 0.6) is 11.5 Å². The van der Waals surface area contributed by atoms with E-state index in [-0.39, 0.29) is 72.3 Å². The number of aromatic nitrogens is 4. The molecule has 5 saturated heterocycles. The number of nitrogens with zero attached hydrogens (tertiary/aromatic N) is 8. The van der Waals surface area contributed by atoms with Crippen LogP contribution in [-0.2, 0) is 36.4 Å². The average Bonchev–Trinajstić information content (AvgIpc) is 4.05. The molecule has 2 unspecified atom stereocenters. The molecule has 0 bridgehead atoms. The fourth-order valence-electron chi connectivity index (χ4n) is 10.5. The highest BCUT2D eigenvalue weighted by atomic mass is 32.2. The number of carbonyl (C=O) groups is 3. The van der Waals surface area contributed by atoms with E-state index < -0.39 is 45.0 Å². The van der Waals surface area contributed by atoms with E-state index >= 15 is 4.39 Å². The van der Waals surface area contributed by atoms with Gasteiger partial charge in [0.25, 0.3) is 5.56 Å². The predicted molar refractivity (Wildman–Crippen MR) is 243 cm³/mol. The molecule has 0 radical (unpaired) electrons. The summed E-state index contributed by atoms with van der Waals surface area (Å²) in [5, 5.41) is 18.2. The van der Waals surface area contributed by atoms with Crippen LogP contribution in [0.25, 0.3) is 21.8 Å². The van der Waals surface area contributed by atoms with Crippen molar-refractivity contribution in [1.82, 2.24) is 38.8 Å². The van der Waals surface area contributed by atoms with E-state index in [4.69, 9.17) is 9.47 Å². The number of ether oxygens (including phenoxy) is 2. The zero-order valence-corrected chi connectivity index (χ0v) is 38.1. The summed E-state index contributed by atoms with van der Waals surface area (Å²) >= 11 is 0. The Hall–Kier alpha value is -6.34. The second-order valence-corrected chi connectivity index (χ2v) is 20.2. The Labute approximate surface area is 389 Å². The summed E-state index contributed by atoms with van der Waals surface area (Å²) in [6, 6.07) is 14.2. The summed E-state index contributed by atoms with van der Waals surface area (Å²) in [5.41, 5.74) is 1.62. The van der Waals surface area contributed by atoms with Crippen molar-refractivity contribution in [2.45, 2.75) is 81.0 Å². The lowest BCUT2D eigenvalue weighted by molar-refractivity contribution is -0.137. The third kappa shape index (κ3) is 8.69. The molecule has 3 amide bonds. The number of hydrogen-bond donors (Lipinski definition) is 2. The fourth-order valence-corrected chi connectivity index (χ4v) is 11.8. The molecule has 5 aromatic rings. The van der Waals surface area contributed by atoms with Crippen molar-refractivity contribution in [3.05, 3.63) is 87.9 Å². The molecule has 3 atom stereocenters. The molecule has 5 aliphatic rings. The van der Waals surface area contributed by atoms with E-state index in [2.05, 4.69) is 37.2 Å². The molecule has 68 heavy (non-hydrogen) atoms. The number of fused-ring (bicyclic) bond motifs is 2. The average molecular weight is 953 g/mol. The number of alkyl halides is 1. The molecule has 7 heterocycles. The highest BCUT2D eigenvalue weighted by molar-refractivity contribution is 7.90. The number of likely N-dealkylation sites (tertiary alicyclic amines) is 2. The topological polar surface area (TPSA) is 214 Å². The van der Waals surface area contributed by atoms with Crippen LogP contribution in [0.1, 0.15) is 86.1 Å². The van der Waals surface area contributed by atoms with Gasteiger partial charge in [0.15, 0.2) is 11.6 Å². The van der Waals surface area contributed by atoms with Crippen molar-refractivity contribution in [3.63, 3.8) is 0 Å². The van der Waals surface area contributed by atoms with Crippen molar-refractivity contribution in [2.75, 3.05) is 57.1 Å². The number of rotatable bonds is 10. The molecule has 2 aromatic heterocycles. The second-order valence-electron chi connectivity index (χ2n) is 18.6. The molecule has 18 nitrogen and oxygen atoms in total. The van der Waals surface area contributed by atoms with Crippen LogP contribution in [0, 0.1) is 17.1 Å².